The van der Waals surface area contributed by atoms with Gasteiger partial charge in [-0.05, 0) is 66.5 Å². The molecule has 1 atom stereocenters. The molecule has 1 aliphatic carbocycles. The average molecular weight is 567 g/mol. The van der Waals surface area contributed by atoms with Crippen molar-refractivity contribution in [2.24, 2.45) is 4.99 Å². The van der Waals surface area contributed by atoms with E-state index in [1.165, 1.54) is 38.2 Å². The molecular formula is C40H30N4. The molecule has 1 unspecified atom stereocenters. The van der Waals surface area contributed by atoms with Crippen LogP contribution in [0.5, 0.6) is 0 Å². The Balaban J connectivity index is 1.34. The molecule has 44 heavy (non-hydrogen) atoms. The van der Waals surface area contributed by atoms with E-state index in [0.717, 1.165) is 46.5 Å². The summed E-state index contributed by atoms with van der Waals surface area (Å²) in [6.45, 7) is 0. The smallest absolute Gasteiger partial charge is 0.201 e. The van der Waals surface area contributed by atoms with Gasteiger partial charge in [0.25, 0.3) is 0 Å². The summed E-state index contributed by atoms with van der Waals surface area (Å²) < 4.78 is 4.78. The Hall–Kier alpha value is -5.61. The molecule has 5 aromatic carbocycles. The van der Waals surface area contributed by atoms with Crippen molar-refractivity contribution < 1.29 is 0 Å². The highest BCUT2D eigenvalue weighted by atomic mass is 15.3. The third-order valence-corrected chi connectivity index (χ3v) is 8.96. The van der Waals surface area contributed by atoms with E-state index >= 15 is 0 Å². The fourth-order valence-electron chi connectivity index (χ4n) is 6.97. The third-order valence-electron chi connectivity index (χ3n) is 8.96. The molecule has 0 saturated heterocycles. The van der Waals surface area contributed by atoms with E-state index in [-0.39, 0.29) is 6.29 Å². The van der Waals surface area contributed by atoms with Crippen molar-refractivity contribution in [1.29, 1.82) is 0 Å². The maximum atomic E-state index is 5.38. The second kappa shape index (κ2) is 9.99. The van der Waals surface area contributed by atoms with Crippen LogP contribution in [0.1, 0.15) is 24.7 Å². The topological polar surface area (TPSA) is 34.2 Å². The van der Waals surface area contributed by atoms with Gasteiger partial charge in [0.2, 0.25) is 6.29 Å². The molecule has 0 bridgehead atoms. The van der Waals surface area contributed by atoms with Crippen LogP contribution >= 0.6 is 0 Å². The molecule has 210 valence electrons. The standard InChI is InChI=1S/C40H30N4/c1-4-14-27(15-5-1)34-25-35(28-16-6-2-7-17-28)42-40(41-34)44-37-23-13-11-21-31(37)33-24-32-30-20-10-12-22-36(30)43(38(32)26-39(33)44)29-18-8-3-9-19-29/h1,3-6,8-26,40,42H,2,7H2. The fraction of sp³-hybridized carbons (Fsp3) is 0.0750. The fourth-order valence-corrected chi connectivity index (χ4v) is 6.97. The van der Waals surface area contributed by atoms with Crippen molar-refractivity contribution >= 4 is 49.3 Å². The lowest BCUT2D eigenvalue weighted by molar-refractivity contribution is 0.484. The number of aliphatic imine (C=N–C) groups is 1. The molecule has 2 aromatic heterocycles. The minimum Gasteiger partial charge on any atom is -0.346 e. The quantitative estimate of drug-likeness (QED) is 0.226. The molecule has 0 radical (unpaired) electrons. The van der Waals surface area contributed by atoms with Gasteiger partial charge in [0.15, 0.2) is 0 Å². The number of fused-ring (bicyclic) bond motifs is 6. The van der Waals surface area contributed by atoms with Crippen LogP contribution in [-0.2, 0) is 0 Å². The van der Waals surface area contributed by atoms with E-state index < -0.39 is 0 Å². The second-order valence-electron chi connectivity index (χ2n) is 11.6. The van der Waals surface area contributed by atoms with Crippen LogP contribution in [0, 0.1) is 0 Å². The first kappa shape index (κ1) is 24.9. The maximum absolute atomic E-state index is 5.38. The summed E-state index contributed by atoms with van der Waals surface area (Å²) in [7, 11) is 0. The van der Waals surface area contributed by atoms with Crippen LogP contribution in [0.3, 0.4) is 0 Å². The Morgan fingerprint density at radius 3 is 2.07 bits per heavy atom. The van der Waals surface area contributed by atoms with Crippen molar-refractivity contribution in [3.63, 3.8) is 0 Å². The van der Waals surface area contributed by atoms with Crippen molar-refractivity contribution in [3.8, 4) is 5.69 Å². The molecule has 1 N–H and O–H groups in total. The van der Waals surface area contributed by atoms with Crippen molar-refractivity contribution in [2.45, 2.75) is 19.1 Å². The monoisotopic (exact) mass is 566 g/mol. The predicted molar refractivity (Wildman–Crippen MR) is 183 cm³/mol. The van der Waals surface area contributed by atoms with Gasteiger partial charge >= 0.3 is 0 Å². The molecule has 2 aliphatic rings. The minimum absolute atomic E-state index is 0.323. The molecule has 0 fully saturated rings. The normalized spacial score (nSPS) is 16.7. The maximum Gasteiger partial charge on any atom is 0.201 e. The lowest BCUT2D eigenvalue weighted by Crippen LogP contribution is -2.30. The van der Waals surface area contributed by atoms with Crippen LogP contribution < -0.4 is 5.32 Å². The predicted octanol–water partition coefficient (Wildman–Crippen LogP) is 9.60. The van der Waals surface area contributed by atoms with Crippen LogP contribution in [0.4, 0.5) is 0 Å². The first-order chi connectivity index (χ1) is 21.8. The van der Waals surface area contributed by atoms with Gasteiger partial charge in [-0.2, -0.15) is 0 Å². The summed E-state index contributed by atoms with van der Waals surface area (Å²) in [5.41, 5.74) is 10.3. The lowest BCUT2D eigenvalue weighted by Gasteiger charge is -2.28. The molecule has 4 nitrogen and oxygen atoms in total. The number of para-hydroxylation sites is 3. The van der Waals surface area contributed by atoms with Gasteiger partial charge in [0.05, 0.1) is 27.8 Å². The van der Waals surface area contributed by atoms with Crippen LogP contribution in [0.2, 0.25) is 0 Å². The zero-order valence-electron chi connectivity index (χ0n) is 24.2. The summed E-state index contributed by atoms with van der Waals surface area (Å²) in [4.78, 5) is 5.38. The van der Waals surface area contributed by atoms with E-state index in [0.29, 0.717) is 0 Å². The zero-order chi connectivity index (χ0) is 29.0. The van der Waals surface area contributed by atoms with Gasteiger partial charge in [-0.3, -0.25) is 0 Å². The van der Waals surface area contributed by atoms with Gasteiger partial charge in [-0.1, -0.05) is 103 Å². The number of rotatable bonds is 4. The average Bonchev–Trinajstić information content (AvgIpc) is 3.60. The van der Waals surface area contributed by atoms with Gasteiger partial charge in [-0.25, -0.2) is 4.99 Å². The Morgan fingerprint density at radius 2 is 1.30 bits per heavy atom. The number of hydrogen-bond acceptors (Lipinski definition) is 2. The van der Waals surface area contributed by atoms with Gasteiger partial charge < -0.3 is 14.5 Å². The highest BCUT2D eigenvalue weighted by molar-refractivity contribution is 6.19. The molecule has 9 rings (SSSR count). The number of aromatic nitrogens is 2. The molecule has 1 aliphatic heterocycles. The van der Waals surface area contributed by atoms with E-state index in [2.05, 4.69) is 160 Å². The molecule has 0 spiro atoms. The number of benzene rings is 5. The van der Waals surface area contributed by atoms with Crippen LogP contribution in [0.15, 0.2) is 162 Å². The molecule has 0 saturated carbocycles. The number of hydrogen-bond donors (Lipinski definition) is 1. The van der Waals surface area contributed by atoms with Crippen molar-refractivity contribution in [2.75, 3.05) is 0 Å². The van der Waals surface area contributed by atoms with E-state index in [1.54, 1.807) is 0 Å². The van der Waals surface area contributed by atoms with E-state index in [4.69, 9.17) is 4.99 Å². The Bertz CT molecular complexity index is 2350. The number of nitrogens with one attached hydrogen (secondary N) is 1. The minimum atomic E-state index is -0.323. The Labute approximate surface area is 255 Å². The Morgan fingerprint density at radius 1 is 0.614 bits per heavy atom. The molecule has 7 aromatic rings. The van der Waals surface area contributed by atoms with Gasteiger partial charge in [0.1, 0.15) is 0 Å². The summed E-state index contributed by atoms with van der Waals surface area (Å²) >= 11 is 0. The van der Waals surface area contributed by atoms with Crippen LogP contribution in [0.25, 0.3) is 49.3 Å². The first-order valence-electron chi connectivity index (χ1n) is 15.3. The van der Waals surface area contributed by atoms with Gasteiger partial charge in [0, 0.05) is 32.9 Å². The molecule has 0 amide bonds. The highest BCUT2D eigenvalue weighted by Crippen LogP contribution is 2.40. The summed E-state index contributed by atoms with van der Waals surface area (Å²) in [6, 6.07) is 43.4. The van der Waals surface area contributed by atoms with Crippen molar-refractivity contribution in [3.05, 3.63) is 162 Å². The zero-order valence-corrected chi connectivity index (χ0v) is 24.2. The van der Waals surface area contributed by atoms with Gasteiger partial charge in [-0.15, -0.1) is 0 Å². The molecule has 4 heteroatoms. The van der Waals surface area contributed by atoms with E-state index in [9.17, 15) is 0 Å². The summed E-state index contributed by atoms with van der Waals surface area (Å²) in [5, 5.41) is 8.81. The molecular weight excluding hydrogens is 536 g/mol. The number of allylic oxidation sites excluding steroid dienone is 4. The highest BCUT2D eigenvalue weighted by Gasteiger charge is 2.25. The lowest BCUT2D eigenvalue weighted by atomic mass is 10.0. The van der Waals surface area contributed by atoms with Crippen molar-refractivity contribution in [1.82, 2.24) is 14.5 Å². The summed E-state index contributed by atoms with van der Waals surface area (Å²) in [5.74, 6) is 0. The second-order valence-corrected chi connectivity index (χ2v) is 11.6. The Kier molecular flexibility index (Phi) is 5.66. The third kappa shape index (κ3) is 3.88. The first-order valence-corrected chi connectivity index (χ1v) is 15.3. The number of nitrogens with zero attached hydrogens (tertiary/aromatic N) is 3. The largest absolute Gasteiger partial charge is 0.346 e. The SMILES string of the molecule is C1=CC(C2=CC(c3ccccc3)=NC(n3c4ccccc4c4cc5c6ccccc6n(-c6ccccc6)c5cc43)N2)=CCC1. The molecule has 3 heterocycles. The van der Waals surface area contributed by atoms with E-state index in [1.807, 2.05) is 0 Å². The summed E-state index contributed by atoms with van der Waals surface area (Å²) in [6.07, 6.45) is 10.8. The van der Waals surface area contributed by atoms with Crippen LogP contribution in [-0.4, -0.2) is 14.8 Å².